The standard InChI is InChI=1S/C12H19BrOS/c1-4-5-8(2)6-11(14)12-7-10(13)9(3)15-12/h7-8,11,14H,4-6H2,1-3H3. The zero-order valence-corrected chi connectivity index (χ0v) is 12.0. The number of rotatable bonds is 5. The summed E-state index contributed by atoms with van der Waals surface area (Å²) in [6.45, 7) is 6.47. The van der Waals surface area contributed by atoms with E-state index in [1.54, 1.807) is 11.3 Å². The predicted octanol–water partition coefficient (Wildman–Crippen LogP) is 4.68. The molecule has 0 aliphatic heterocycles. The second-order valence-corrected chi connectivity index (χ2v) is 6.34. The van der Waals surface area contributed by atoms with E-state index in [2.05, 4.69) is 36.7 Å². The third kappa shape index (κ3) is 3.89. The van der Waals surface area contributed by atoms with Crippen molar-refractivity contribution in [1.29, 1.82) is 0 Å². The van der Waals surface area contributed by atoms with Crippen LogP contribution in [0, 0.1) is 12.8 Å². The van der Waals surface area contributed by atoms with E-state index in [1.807, 2.05) is 6.07 Å². The second-order valence-electron chi connectivity index (χ2n) is 4.20. The first kappa shape index (κ1) is 13.2. The summed E-state index contributed by atoms with van der Waals surface area (Å²) < 4.78 is 1.12. The second kappa shape index (κ2) is 6.02. The van der Waals surface area contributed by atoms with Gasteiger partial charge in [0, 0.05) is 14.2 Å². The predicted molar refractivity (Wildman–Crippen MR) is 70.4 cm³/mol. The third-order valence-corrected chi connectivity index (χ3v) is 4.85. The highest BCUT2D eigenvalue weighted by Gasteiger charge is 2.15. The lowest BCUT2D eigenvalue weighted by Crippen LogP contribution is -2.02. The number of aryl methyl sites for hydroxylation is 1. The maximum absolute atomic E-state index is 10.0. The van der Waals surface area contributed by atoms with Crippen LogP contribution in [-0.4, -0.2) is 5.11 Å². The third-order valence-electron chi connectivity index (χ3n) is 2.61. The Bertz CT molecular complexity index is 289. The average molecular weight is 291 g/mol. The van der Waals surface area contributed by atoms with Crippen LogP contribution < -0.4 is 0 Å². The van der Waals surface area contributed by atoms with Gasteiger partial charge in [-0.3, -0.25) is 0 Å². The van der Waals surface area contributed by atoms with Gasteiger partial charge >= 0.3 is 0 Å². The molecule has 0 saturated heterocycles. The molecular formula is C12H19BrOS. The molecule has 0 aliphatic rings. The van der Waals surface area contributed by atoms with Crippen LogP contribution in [-0.2, 0) is 0 Å². The van der Waals surface area contributed by atoms with Gasteiger partial charge in [0.25, 0.3) is 0 Å². The first-order valence-corrected chi connectivity index (χ1v) is 7.09. The fraction of sp³-hybridized carbons (Fsp3) is 0.667. The Labute approximate surface area is 105 Å². The van der Waals surface area contributed by atoms with E-state index in [0.29, 0.717) is 5.92 Å². The van der Waals surface area contributed by atoms with Crippen LogP contribution in [0.3, 0.4) is 0 Å². The number of hydrogen-bond acceptors (Lipinski definition) is 2. The van der Waals surface area contributed by atoms with Crippen molar-refractivity contribution < 1.29 is 5.11 Å². The minimum atomic E-state index is -0.290. The molecule has 1 aromatic rings. The Morgan fingerprint density at radius 3 is 2.67 bits per heavy atom. The molecule has 0 saturated carbocycles. The topological polar surface area (TPSA) is 20.2 Å². The molecule has 0 aromatic carbocycles. The minimum Gasteiger partial charge on any atom is -0.388 e. The van der Waals surface area contributed by atoms with Gasteiger partial charge in [-0.15, -0.1) is 11.3 Å². The largest absolute Gasteiger partial charge is 0.388 e. The molecule has 0 spiro atoms. The summed E-state index contributed by atoms with van der Waals surface area (Å²) in [5, 5.41) is 10.0. The maximum atomic E-state index is 10.0. The Hall–Kier alpha value is 0.140. The van der Waals surface area contributed by atoms with Gasteiger partial charge in [-0.25, -0.2) is 0 Å². The molecule has 0 aliphatic carbocycles. The number of aliphatic hydroxyl groups is 1. The van der Waals surface area contributed by atoms with Crippen LogP contribution in [0.1, 0.15) is 49.0 Å². The van der Waals surface area contributed by atoms with E-state index in [4.69, 9.17) is 0 Å². The smallest absolute Gasteiger partial charge is 0.0885 e. The van der Waals surface area contributed by atoms with E-state index in [1.165, 1.54) is 17.7 Å². The lowest BCUT2D eigenvalue weighted by Gasteiger charge is -2.14. The van der Waals surface area contributed by atoms with Crippen molar-refractivity contribution in [3.05, 3.63) is 20.3 Å². The van der Waals surface area contributed by atoms with E-state index in [0.717, 1.165) is 15.8 Å². The first-order chi connectivity index (χ1) is 7.04. The monoisotopic (exact) mass is 290 g/mol. The first-order valence-electron chi connectivity index (χ1n) is 5.48. The highest BCUT2D eigenvalue weighted by molar-refractivity contribution is 9.10. The van der Waals surface area contributed by atoms with Gasteiger partial charge in [0.1, 0.15) is 0 Å². The molecule has 1 N–H and O–H groups in total. The Balaban J connectivity index is 2.56. The molecule has 86 valence electrons. The Morgan fingerprint density at radius 1 is 1.53 bits per heavy atom. The average Bonchev–Trinajstić information content (AvgIpc) is 2.47. The molecule has 2 atom stereocenters. The van der Waals surface area contributed by atoms with Crippen LogP contribution in [0.15, 0.2) is 10.5 Å². The molecule has 0 amide bonds. The van der Waals surface area contributed by atoms with Crippen LogP contribution in [0.4, 0.5) is 0 Å². The molecule has 3 heteroatoms. The van der Waals surface area contributed by atoms with Crippen molar-refractivity contribution in [1.82, 2.24) is 0 Å². The Kier molecular flexibility index (Phi) is 5.30. The van der Waals surface area contributed by atoms with Crippen LogP contribution >= 0.6 is 27.3 Å². The van der Waals surface area contributed by atoms with Crippen LogP contribution in [0.5, 0.6) is 0 Å². The highest BCUT2D eigenvalue weighted by atomic mass is 79.9. The van der Waals surface area contributed by atoms with Crippen LogP contribution in [0.2, 0.25) is 0 Å². The van der Waals surface area contributed by atoms with Crippen molar-refractivity contribution in [3.63, 3.8) is 0 Å². The molecule has 0 fully saturated rings. The summed E-state index contributed by atoms with van der Waals surface area (Å²) in [7, 11) is 0. The minimum absolute atomic E-state index is 0.290. The van der Waals surface area contributed by atoms with Gasteiger partial charge in [-0.1, -0.05) is 26.7 Å². The summed E-state index contributed by atoms with van der Waals surface area (Å²) in [6, 6.07) is 2.04. The van der Waals surface area contributed by atoms with Crippen LogP contribution in [0.25, 0.3) is 0 Å². The number of hydrogen-bond donors (Lipinski definition) is 1. The SMILES string of the molecule is CCCC(C)CC(O)c1cc(Br)c(C)s1. The zero-order valence-electron chi connectivity index (χ0n) is 9.59. The van der Waals surface area contributed by atoms with Gasteiger partial charge < -0.3 is 5.11 Å². The van der Waals surface area contributed by atoms with Crippen molar-refractivity contribution >= 4 is 27.3 Å². The summed E-state index contributed by atoms with van der Waals surface area (Å²) in [4.78, 5) is 2.33. The maximum Gasteiger partial charge on any atom is 0.0885 e. The zero-order chi connectivity index (χ0) is 11.4. The Morgan fingerprint density at radius 2 is 2.20 bits per heavy atom. The van der Waals surface area contributed by atoms with E-state index >= 15 is 0 Å². The van der Waals surface area contributed by atoms with E-state index in [9.17, 15) is 5.11 Å². The van der Waals surface area contributed by atoms with E-state index < -0.39 is 0 Å². The van der Waals surface area contributed by atoms with Gasteiger partial charge in [0.2, 0.25) is 0 Å². The fourth-order valence-corrected chi connectivity index (χ4v) is 3.31. The van der Waals surface area contributed by atoms with Crippen molar-refractivity contribution in [3.8, 4) is 0 Å². The molecule has 2 unspecified atom stereocenters. The molecule has 0 radical (unpaired) electrons. The van der Waals surface area contributed by atoms with E-state index in [-0.39, 0.29) is 6.10 Å². The van der Waals surface area contributed by atoms with Crippen molar-refractivity contribution in [2.45, 2.75) is 46.1 Å². The molecular weight excluding hydrogens is 272 g/mol. The summed E-state index contributed by atoms with van der Waals surface area (Å²) >= 11 is 5.17. The molecule has 0 bridgehead atoms. The molecule has 15 heavy (non-hydrogen) atoms. The number of thiophene rings is 1. The lowest BCUT2D eigenvalue weighted by molar-refractivity contribution is 0.148. The van der Waals surface area contributed by atoms with Gasteiger partial charge in [-0.2, -0.15) is 0 Å². The molecule has 1 aromatic heterocycles. The van der Waals surface area contributed by atoms with Gasteiger partial charge in [0.05, 0.1) is 6.10 Å². The number of halogens is 1. The normalized spacial score (nSPS) is 15.3. The molecule has 1 nitrogen and oxygen atoms in total. The van der Waals surface area contributed by atoms with Gasteiger partial charge in [0.15, 0.2) is 0 Å². The summed E-state index contributed by atoms with van der Waals surface area (Å²) in [5.41, 5.74) is 0. The quantitative estimate of drug-likeness (QED) is 0.835. The van der Waals surface area contributed by atoms with Crippen molar-refractivity contribution in [2.24, 2.45) is 5.92 Å². The summed E-state index contributed by atoms with van der Waals surface area (Å²) in [6.07, 6.45) is 2.98. The molecule has 1 heterocycles. The lowest BCUT2D eigenvalue weighted by atomic mass is 9.98. The molecule has 1 rings (SSSR count). The van der Waals surface area contributed by atoms with Crippen molar-refractivity contribution in [2.75, 3.05) is 0 Å². The highest BCUT2D eigenvalue weighted by Crippen LogP contribution is 2.33. The van der Waals surface area contributed by atoms with Gasteiger partial charge in [-0.05, 0) is 41.3 Å². The summed E-state index contributed by atoms with van der Waals surface area (Å²) in [5.74, 6) is 0.603. The number of aliphatic hydroxyl groups excluding tert-OH is 1. The fourth-order valence-electron chi connectivity index (χ4n) is 1.75.